The minimum absolute atomic E-state index is 0.466. The van der Waals surface area contributed by atoms with Crippen molar-refractivity contribution in [2.75, 3.05) is 7.11 Å². The fourth-order valence-corrected chi connectivity index (χ4v) is 3.73. The fourth-order valence-electron chi connectivity index (χ4n) is 3.05. The highest BCUT2D eigenvalue weighted by Gasteiger charge is 2.24. The minimum Gasteiger partial charge on any atom is -0.497 e. The second-order valence-electron chi connectivity index (χ2n) is 5.56. The van der Waals surface area contributed by atoms with Crippen molar-refractivity contribution in [3.63, 3.8) is 0 Å². The van der Waals surface area contributed by atoms with Gasteiger partial charge < -0.3 is 10.1 Å². The van der Waals surface area contributed by atoms with Crippen molar-refractivity contribution in [1.82, 2.24) is 5.32 Å². The van der Waals surface area contributed by atoms with Crippen LogP contribution in [0.4, 0.5) is 0 Å². The van der Waals surface area contributed by atoms with E-state index < -0.39 is 0 Å². The molecule has 0 saturated heterocycles. The molecule has 0 fully saturated rings. The maximum absolute atomic E-state index is 5.35. The number of hydrogen-bond acceptors (Lipinski definition) is 3. The molecule has 0 saturated carbocycles. The van der Waals surface area contributed by atoms with Crippen molar-refractivity contribution < 1.29 is 4.74 Å². The van der Waals surface area contributed by atoms with E-state index in [-0.39, 0.29) is 0 Å². The van der Waals surface area contributed by atoms with Crippen molar-refractivity contribution in [3.05, 3.63) is 51.7 Å². The van der Waals surface area contributed by atoms with Gasteiger partial charge in [-0.2, -0.15) is 11.3 Å². The van der Waals surface area contributed by atoms with Crippen LogP contribution in [0.2, 0.25) is 0 Å². The molecule has 0 radical (unpaired) electrons. The molecule has 1 heterocycles. The molecule has 1 aromatic heterocycles. The fraction of sp³-hybridized carbons (Fsp3) is 0.412. The Hall–Kier alpha value is -1.32. The van der Waals surface area contributed by atoms with Gasteiger partial charge >= 0.3 is 0 Å². The SMILES string of the molecule is COc1ccc2c(c1)C(NC(C)Cc1ccsc1)CC2. The van der Waals surface area contributed by atoms with Crippen LogP contribution in [0, 0.1) is 0 Å². The lowest BCUT2D eigenvalue weighted by Gasteiger charge is -2.20. The molecular weight excluding hydrogens is 266 g/mol. The van der Waals surface area contributed by atoms with E-state index in [0.717, 1.165) is 12.2 Å². The van der Waals surface area contributed by atoms with Crippen LogP contribution >= 0.6 is 11.3 Å². The van der Waals surface area contributed by atoms with Crippen molar-refractivity contribution in [3.8, 4) is 5.75 Å². The number of ether oxygens (including phenoxy) is 1. The molecule has 2 aromatic rings. The second-order valence-corrected chi connectivity index (χ2v) is 6.34. The summed E-state index contributed by atoms with van der Waals surface area (Å²) in [6.45, 7) is 2.27. The Bertz CT molecular complexity index is 564. The Balaban J connectivity index is 1.68. The number of methoxy groups -OCH3 is 1. The smallest absolute Gasteiger partial charge is 0.119 e. The van der Waals surface area contributed by atoms with E-state index in [2.05, 4.69) is 47.3 Å². The third-order valence-electron chi connectivity index (χ3n) is 4.04. The molecule has 1 aromatic carbocycles. The van der Waals surface area contributed by atoms with Crippen molar-refractivity contribution in [2.45, 2.75) is 38.3 Å². The van der Waals surface area contributed by atoms with Crippen molar-refractivity contribution in [2.24, 2.45) is 0 Å². The molecule has 20 heavy (non-hydrogen) atoms. The van der Waals surface area contributed by atoms with Gasteiger partial charge in [0.25, 0.3) is 0 Å². The predicted octanol–water partition coefficient (Wildman–Crippen LogP) is 3.96. The molecule has 0 spiro atoms. The summed E-state index contributed by atoms with van der Waals surface area (Å²) < 4.78 is 5.35. The Morgan fingerprint density at radius 2 is 2.30 bits per heavy atom. The van der Waals surface area contributed by atoms with Crippen LogP contribution in [0.3, 0.4) is 0 Å². The summed E-state index contributed by atoms with van der Waals surface area (Å²) in [4.78, 5) is 0. The summed E-state index contributed by atoms with van der Waals surface area (Å²) in [7, 11) is 1.73. The summed E-state index contributed by atoms with van der Waals surface area (Å²) in [6.07, 6.45) is 3.46. The largest absolute Gasteiger partial charge is 0.497 e. The molecule has 0 amide bonds. The number of nitrogens with one attached hydrogen (secondary N) is 1. The zero-order valence-corrected chi connectivity index (χ0v) is 12.9. The molecule has 2 nitrogen and oxygen atoms in total. The number of aryl methyl sites for hydroxylation is 1. The highest BCUT2D eigenvalue weighted by Crippen LogP contribution is 2.34. The van der Waals surface area contributed by atoms with Gasteiger partial charge in [0, 0.05) is 12.1 Å². The predicted molar refractivity (Wildman–Crippen MR) is 84.7 cm³/mol. The van der Waals surface area contributed by atoms with Gasteiger partial charge in [-0.25, -0.2) is 0 Å². The molecule has 2 atom stereocenters. The van der Waals surface area contributed by atoms with E-state index in [0.29, 0.717) is 12.1 Å². The quantitative estimate of drug-likeness (QED) is 0.898. The Morgan fingerprint density at radius 1 is 1.40 bits per heavy atom. The van der Waals surface area contributed by atoms with E-state index in [9.17, 15) is 0 Å². The standard InChI is InChI=1S/C17H21NOS/c1-12(9-13-7-8-20-11-13)18-17-6-4-14-3-5-15(19-2)10-16(14)17/h3,5,7-8,10-12,17-18H,4,6,9H2,1-2H3. The van der Waals surface area contributed by atoms with Gasteiger partial charge in [0.05, 0.1) is 7.11 Å². The third-order valence-corrected chi connectivity index (χ3v) is 4.77. The summed E-state index contributed by atoms with van der Waals surface area (Å²) in [5.41, 5.74) is 4.31. The van der Waals surface area contributed by atoms with Gasteiger partial charge in [-0.05, 0) is 71.8 Å². The van der Waals surface area contributed by atoms with Gasteiger partial charge in [-0.1, -0.05) is 6.07 Å². The first kappa shape index (κ1) is 13.7. The highest BCUT2D eigenvalue weighted by atomic mass is 32.1. The van der Waals surface area contributed by atoms with E-state index >= 15 is 0 Å². The number of benzene rings is 1. The summed E-state index contributed by atoms with van der Waals surface area (Å²) in [5, 5.41) is 8.16. The van der Waals surface area contributed by atoms with Crippen molar-refractivity contribution in [1.29, 1.82) is 0 Å². The number of thiophene rings is 1. The Morgan fingerprint density at radius 3 is 3.05 bits per heavy atom. The molecule has 2 unspecified atom stereocenters. The molecule has 3 heteroatoms. The lowest BCUT2D eigenvalue weighted by Crippen LogP contribution is -2.31. The summed E-state index contributed by atoms with van der Waals surface area (Å²) in [5.74, 6) is 0.961. The Labute approximate surface area is 124 Å². The normalized spacial score (nSPS) is 18.8. The molecule has 1 aliphatic rings. The van der Waals surface area contributed by atoms with Gasteiger partial charge in [-0.15, -0.1) is 0 Å². The average Bonchev–Trinajstić information content (AvgIpc) is 3.08. The molecule has 0 bridgehead atoms. The molecule has 106 valence electrons. The van der Waals surface area contributed by atoms with Crippen LogP contribution in [0.1, 0.15) is 36.1 Å². The highest BCUT2D eigenvalue weighted by molar-refractivity contribution is 7.07. The van der Waals surface area contributed by atoms with Gasteiger partial charge in [0.1, 0.15) is 5.75 Å². The second kappa shape index (κ2) is 5.98. The first-order valence-corrected chi connectivity index (χ1v) is 8.14. The summed E-state index contributed by atoms with van der Waals surface area (Å²) in [6, 6.07) is 9.64. The third kappa shape index (κ3) is 2.89. The monoisotopic (exact) mass is 287 g/mol. The van der Waals surface area contributed by atoms with Crippen LogP contribution in [0.15, 0.2) is 35.0 Å². The average molecular weight is 287 g/mol. The van der Waals surface area contributed by atoms with E-state index in [1.54, 1.807) is 18.4 Å². The lowest BCUT2D eigenvalue weighted by molar-refractivity contribution is 0.411. The topological polar surface area (TPSA) is 21.3 Å². The van der Waals surface area contributed by atoms with Crippen molar-refractivity contribution >= 4 is 11.3 Å². The number of fused-ring (bicyclic) bond motifs is 1. The first-order valence-electron chi connectivity index (χ1n) is 7.20. The summed E-state index contributed by atoms with van der Waals surface area (Å²) >= 11 is 1.77. The zero-order valence-electron chi connectivity index (χ0n) is 12.1. The number of rotatable bonds is 5. The van der Waals surface area contributed by atoms with Gasteiger partial charge in [-0.3, -0.25) is 0 Å². The first-order chi connectivity index (χ1) is 9.76. The molecule has 1 N–H and O–H groups in total. The van der Waals surface area contributed by atoms with E-state index in [1.807, 2.05) is 0 Å². The molecule has 3 rings (SSSR count). The molecule has 1 aliphatic carbocycles. The number of hydrogen-bond donors (Lipinski definition) is 1. The minimum atomic E-state index is 0.466. The van der Waals surface area contributed by atoms with Gasteiger partial charge in [0.2, 0.25) is 0 Å². The maximum Gasteiger partial charge on any atom is 0.119 e. The Kier molecular flexibility index (Phi) is 4.08. The van der Waals surface area contributed by atoms with Crippen LogP contribution in [-0.2, 0) is 12.8 Å². The maximum atomic E-state index is 5.35. The van der Waals surface area contributed by atoms with Crippen LogP contribution in [-0.4, -0.2) is 13.2 Å². The zero-order chi connectivity index (χ0) is 13.9. The van der Waals surface area contributed by atoms with E-state index in [4.69, 9.17) is 4.74 Å². The van der Waals surface area contributed by atoms with Crippen LogP contribution in [0.5, 0.6) is 5.75 Å². The lowest BCUT2D eigenvalue weighted by atomic mass is 10.1. The van der Waals surface area contributed by atoms with Crippen LogP contribution in [0.25, 0.3) is 0 Å². The van der Waals surface area contributed by atoms with Crippen LogP contribution < -0.4 is 10.1 Å². The van der Waals surface area contributed by atoms with Gasteiger partial charge in [0.15, 0.2) is 0 Å². The van der Waals surface area contributed by atoms with E-state index in [1.165, 1.54) is 29.5 Å². The molecule has 0 aliphatic heterocycles. The molecular formula is C17H21NOS.